The van der Waals surface area contributed by atoms with Crippen LogP contribution < -0.4 is 5.32 Å². The van der Waals surface area contributed by atoms with E-state index >= 15 is 0 Å². The van der Waals surface area contributed by atoms with E-state index in [-0.39, 0.29) is 26.2 Å². The summed E-state index contributed by atoms with van der Waals surface area (Å²) in [5, 5.41) is 19.5. The van der Waals surface area contributed by atoms with Gasteiger partial charge in [0.25, 0.3) is 0 Å². The Hall–Kier alpha value is -2.39. The largest absolute Gasteiger partial charge is 0.395 e. The molecule has 0 aliphatic carbocycles. The van der Waals surface area contributed by atoms with Crippen molar-refractivity contribution in [1.82, 2.24) is 10.2 Å². The number of amides is 2. The van der Waals surface area contributed by atoms with Gasteiger partial charge in [0.15, 0.2) is 0 Å². The third-order valence-electron chi connectivity index (χ3n) is 2.40. The zero-order valence-electron chi connectivity index (χ0n) is 10.4. The summed E-state index contributed by atoms with van der Waals surface area (Å²) in [6.07, 6.45) is 0. The lowest BCUT2D eigenvalue weighted by atomic mass is 10.2. The van der Waals surface area contributed by atoms with Gasteiger partial charge in [0.05, 0.1) is 12.7 Å². The van der Waals surface area contributed by atoms with Crippen molar-refractivity contribution in [2.24, 2.45) is 0 Å². The van der Waals surface area contributed by atoms with E-state index in [0.29, 0.717) is 0 Å². The van der Waals surface area contributed by atoms with Crippen LogP contribution in [0.2, 0.25) is 0 Å². The number of aliphatic hydroxyl groups is 1. The molecule has 2 N–H and O–H groups in total. The van der Waals surface area contributed by atoms with Crippen LogP contribution in [0.3, 0.4) is 0 Å². The normalized spacial score (nSPS) is 9.47. The maximum absolute atomic E-state index is 11.8. The van der Waals surface area contributed by atoms with Crippen molar-refractivity contribution in [3.63, 3.8) is 0 Å². The first-order valence-corrected chi connectivity index (χ1v) is 5.78. The second-order valence-corrected chi connectivity index (χ2v) is 3.78. The number of nitrogens with zero attached hydrogens (tertiary/aromatic N) is 2. The van der Waals surface area contributed by atoms with Crippen molar-refractivity contribution in [2.45, 2.75) is 6.54 Å². The summed E-state index contributed by atoms with van der Waals surface area (Å²) in [5.74, 6) is -1.60. The minimum absolute atomic E-state index is 0.0632. The van der Waals surface area contributed by atoms with Crippen LogP contribution in [0.4, 0.5) is 0 Å². The molecule has 0 radical (unpaired) electrons. The van der Waals surface area contributed by atoms with Gasteiger partial charge in [-0.1, -0.05) is 30.3 Å². The van der Waals surface area contributed by atoms with Crippen LogP contribution in [0.15, 0.2) is 30.3 Å². The van der Waals surface area contributed by atoms with Crippen LogP contribution in [0.25, 0.3) is 0 Å². The minimum atomic E-state index is -0.842. The summed E-state index contributed by atoms with van der Waals surface area (Å²) < 4.78 is 0. The quantitative estimate of drug-likeness (QED) is 0.559. The van der Waals surface area contributed by atoms with Gasteiger partial charge in [-0.25, -0.2) is 0 Å². The Morgan fingerprint density at radius 1 is 1.32 bits per heavy atom. The molecule has 0 bridgehead atoms. The predicted octanol–water partition coefficient (Wildman–Crippen LogP) is -0.353. The summed E-state index contributed by atoms with van der Waals surface area (Å²) in [5.41, 5.74) is 0.859. The van der Waals surface area contributed by atoms with Gasteiger partial charge in [-0.15, -0.1) is 0 Å². The molecule has 19 heavy (non-hydrogen) atoms. The van der Waals surface area contributed by atoms with Crippen LogP contribution >= 0.6 is 0 Å². The van der Waals surface area contributed by atoms with Crippen LogP contribution in [-0.2, 0) is 16.1 Å². The molecule has 0 aliphatic rings. The number of rotatable bonds is 5. The molecule has 0 aliphatic heterocycles. The van der Waals surface area contributed by atoms with Gasteiger partial charge >= 0.3 is 11.8 Å². The number of hydrogen-bond donors (Lipinski definition) is 2. The fourth-order valence-electron chi connectivity index (χ4n) is 1.52. The van der Waals surface area contributed by atoms with Crippen molar-refractivity contribution < 1.29 is 14.7 Å². The molecule has 0 saturated carbocycles. The Bertz CT molecular complexity index is 468. The standard InChI is InChI=1S/C13H15N3O3/c14-6-7-15-12(18)13(19)16(8-9-17)10-11-4-2-1-3-5-11/h1-5,17H,7-10H2,(H,15,18). The SMILES string of the molecule is N#CCNC(=O)C(=O)N(CCO)Cc1ccccc1. The molecule has 6 nitrogen and oxygen atoms in total. The average molecular weight is 261 g/mol. The maximum atomic E-state index is 11.8. The highest BCUT2D eigenvalue weighted by Gasteiger charge is 2.21. The van der Waals surface area contributed by atoms with Crippen LogP contribution in [0.1, 0.15) is 5.56 Å². The first kappa shape index (κ1) is 14.7. The predicted molar refractivity (Wildman–Crippen MR) is 67.6 cm³/mol. The van der Waals surface area contributed by atoms with E-state index < -0.39 is 11.8 Å². The monoisotopic (exact) mass is 261 g/mol. The molecule has 1 rings (SSSR count). The van der Waals surface area contributed by atoms with E-state index in [1.807, 2.05) is 30.3 Å². The highest BCUT2D eigenvalue weighted by Crippen LogP contribution is 2.04. The number of nitrogens with one attached hydrogen (secondary N) is 1. The summed E-state index contributed by atoms with van der Waals surface area (Å²) in [4.78, 5) is 24.5. The minimum Gasteiger partial charge on any atom is -0.395 e. The lowest BCUT2D eigenvalue weighted by molar-refractivity contribution is -0.146. The number of aliphatic hydroxyl groups excluding tert-OH is 1. The second kappa shape index (κ2) is 7.84. The lowest BCUT2D eigenvalue weighted by Gasteiger charge is -2.20. The highest BCUT2D eigenvalue weighted by molar-refractivity contribution is 6.35. The third-order valence-corrected chi connectivity index (χ3v) is 2.40. The van der Waals surface area contributed by atoms with Gasteiger partial charge < -0.3 is 15.3 Å². The third kappa shape index (κ3) is 4.77. The van der Waals surface area contributed by atoms with Gasteiger partial charge in [0.2, 0.25) is 0 Å². The summed E-state index contributed by atoms with van der Waals surface area (Å²) in [7, 11) is 0. The number of carbonyl (C=O) groups excluding carboxylic acids is 2. The van der Waals surface area contributed by atoms with Crippen molar-refractivity contribution >= 4 is 11.8 Å². The highest BCUT2D eigenvalue weighted by atomic mass is 16.3. The van der Waals surface area contributed by atoms with Gasteiger partial charge in [0, 0.05) is 13.1 Å². The number of nitriles is 1. The first-order chi connectivity index (χ1) is 9.19. The molecule has 1 aromatic rings. The van der Waals surface area contributed by atoms with E-state index in [2.05, 4.69) is 5.32 Å². The molecule has 0 aromatic heterocycles. The molecule has 0 unspecified atom stereocenters. The number of hydrogen-bond acceptors (Lipinski definition) is 4. The Balaban J connectivity index is 2.69. The van der Waals surface area contributed by atoms with E-state index in [0.717, 1.165) is 5.56 Å². The summed E-state index contributed by atoms with van der Waals surface area (Å²) in [6.45, 7) is -0.152. The fourth-order valence-corrected chi connectivity index (χ4v) is 1.52. The molecular formula is C13H15N3O3. The van der Waals surface area contributed by atoms with Crippen molar-refractivity contribution in [3.8, 4) is 6.07 Å². The van der Waals surface area contributed by atoms with Crippen molar-refractivity contribution in [3.05, 3.63) is 35.9 Å². The number of carbonyl (C=O) groups is 2. The van der Waals surface area contributed by atoms with E-state index in [1.54, 1.807) is 6.07 Å². The maximum Gasteiger partial charge on any atom is 0.312 e. The van der Waals surface area contributed by atoms with Crippen LogP contribution in [-0.4, -0.2) is 41.5 Å². The molecule has 0 heterocycles. The molecule has 0 fully saturated rings. The molecular weight excluding hydrogens is 246 g/mol. The van der Waals surface area contributed by atoms with Crippen molar-refractivity contribution in [1.29, 1.82) is 5.26 Å². The Morgan fingerprint density at radius 2 is 2.00 bits per heavy atom. The molecule has 2 amide bonds. The molecule has 1 aromatic carbocycles. The Labute approximate surface area is 111 Å². The fraction of sp³-hybridized carbons (Fsp3) is 0.308. The number of benzene rings is 1. The second-order valence-electron chi connectivity index (χ2n) is 3.78. The Kier molecular flexibility index (Phi) is 6.06. The molecule has 6 heteroatoms. The van der Waals surface area contributed by atoms with Gasteiger partial charge in [-0.05, 0) is 5.56 Å². The van der Waals surface area contributed by atoms with Gasteiger partial charge in [-0.2, -0.15) is 5.26 Å². The zero-order valence-corrected chi connectivity index (χ0v) is 10.4. The molecule has 100 valence electrons. The molecule has 0 saturated heterocycles. The van der Waals surface area contributed by atoms with Crippen molar-refractivity contribution in [2.75, 3.05) is 19.7 Å². The van der Waals surface area contributed by atoms with Gasteiger partial charge in [-0.3, -0.25) is 9.59 Å². The smallest absolute Gasteiger partial charge is 0.312 e. The zero-order chi connectivity index (χ0) is 14.1. The lowest BCUT2D eigenvalue weighted by Crippen LogP contribution is -2.43. The summed E-state index contributed by atoms with van der Waals surface area (Å²) in [6, 6.07) is 10.9. The van der Waals surface area contributed by atoms with Gasteiger partial charge in [0.1, 0.15) is 6.54 Å². The molecule has 0 atom stereocenters. The van der Waals surface area contributed by atoms with E-state index in [4.69, 9.17) is 10.4 Å². The topological polar surface area (TPSA) is 93.4 Å². The molecule has 0 spiro atoms. The van der Waals surface area contributed by atoms with E-state index in [1.165, 1.54) is 4.90 Å². The van der Waals surface area contributed by atoms with Crippen LogP contribution in [0.5, 0.6) is 0 Å². The first-order valence-electron chi connectivity index (χ1n) is 5.78. The van der Waals surface area contributed by atoms with Crippen LogP contribution in [0, 0.1) is 11.3 Å². The average Bonchev–Trinajstić information content (AvgIpc) is 2.44. The Morgan fingerprint density at radius 3 is 2.58 bits per heavy atom. The van der Waals surface area contributed by atoms with E-state index in [9.17, 15) is 9.59 Å². The summed E-state index contributed by atoms with van der Waals surface area (Å²) >= 11 is 0.